The second-order valence-electron chi connectivity index (χ2n) is 4.62. The van der Waals surface area contributed by atoms with Crippen LogP contribution in [0.1, 0.15) is 0 Å². The van der Waals surface area contributed by atoms with Crippen molar-refractivity contribution < 1.29 is 22.4 Å². The third-order valence-electron chi connectivity index (χ3n) is 2.96. The summed E-state index contributed by atoms with van der Waals surface area (Å²) in [5.74, 6) is -2.79. The number of halogens is 4. The number of hydrogen-bond donors (Lipinski definition) is 2. The van der Waals surface area contributed by atoms with Crippen LogP contribution in [0.5, 0.6) is 0 Å². The van der Waals surface area contributed by atoms with Crippen molar-refractivity contribution in [2.24, 2.45) is 0 Å². The second-order valence-corrected chi connectivity index (χ2v) is 4.62. The van der Waals surface area contributed by atoms with E-state index >= 15 is 0 Å². The van der Waals surface area contributed by atoms with Crippen LogP contribution in [0.4, 0.5) is 40.4 Å². The van der Waals surface area contributed by atoms with E-state index in [0.29, 0.717) is 17.2 Å². The van der Waals surface area contributed by atoms with Crippen LogP contribution in [-0.4, -0.2) is 24.1 Å². The molecule has 0 aliphatic heterocycles. The quantitative estimate of drug-likeness (QED) is 0.850. The van der Waals surface area contributed by atoms with Crippen LogP contribution >= 0.6 is 0 Å². The molecule has 0 aliphatic rings. The van der Waals surface area contributed by atoms with Crippen LogP contribution in [0.3, 0.4) is 0 Å². The number of alkyl halides is 3. The number of rotatable bonds is 3. The van der Waals surface area contributed by atoms with E-state index in [9.17, 15) is 22.4 Å². The molecule has 1 heterocycles. The summed E-state index contributed by atoms with van der Waals surface area (Å²) in [7, 11) is 1.58. The largest absolute Gasteiger partial charge is 0.471 e. The molecule has 0 saturated heterocycles. The maximum Gasteiger partial charge on any atom is 0.471 e. The average Bonchev–Trinajstić information content (AvgIpc) is 2.48. The Morgan fingerprint density at radius 1 is 1.26 bits per heavy atom. The predicted octanol–water partition coefficient (Wildman–Crippen LogP) is 3.07. The van der Waals surface area contributed by atoms with Crippen molar-refractivity contribution in [1.29, 1.82) is 0 Å². The molecular weight excluding hydrogens is 316 g/mol. The van der Waals surface area contributed by atoms with Crippen LogP contribution in [0.25, 0.3) is 0 Å². The molecule has 0 radical (unpaired) electrons. The Morgan fingerprint density at radius 2 is 1.96 bits per heavy atom. The normalized spacial score (nSPS) is 11.2. The minimum atomic E-state index is -5.10. The minimum Gasteiger partial charge on any atom is -0.397 e. The lowest BCUT2D eigenvalue weighted by Gasteiger charge is -2.19. The zero-order chi connectivity index (χ0) is 17.2. The first kappa shape index (κ1) is 16.5. The highest BCUT2D eigenvalue weighted by Gasteiger charge is 2.39. The lowest BCUT2D eigenvalue weighted by atomic mass is 10.2. The highest BCUT2D eigenvalue weighted by atomic mass is 19.4. The zero-order valence-electron chi connectivity index (χ0n) is 11.9. The first-order chi connectivity index (χ1) is 10.7. The van der Waals surface area contributed by atoms with E-state index in [0.717, 1.165) is 12.1 Å². The number of carbonyl (C=O) groups excluding carboxylic acids is 1. The number of aromatic nitrogens is 1. The molecule has 23 heavy (non-hydrogen) atoms. The van der Waals surface area contributed by atoms with E-state index in [1.54, 1.807) is 19.2 Å². The number of nitrogens with two attached hydrogens (primary N) is 1. The lowest BCUT2D eigenvalue weighted by Crippen LogP contribution is -2.30. The van der Waals surface area contributed by atoms with Gasteiger partial charge in [-0.2, -0.15) is 13.2 Å². The van der Waals surface area contributed by atoms with Gasteiger partial charge < -0.3 is 16.0 Å². The third kappa shape index (κ3) is 3.87. The minimum absolute atomic E-state index is 0.334. The summed E-state index contributed by atoms with van der Waals surface area (Å²) in [5, 5.41) is 1.50. The van der Waals surface area contributed by atoms with Gasteiger partial charge in [0.25, 0.3) is 0 Å². The number of amides is 1. The highest BCUT2D eigenvalue weighted by molar-refractivity contribution is 5.95. The van der Waals surface area contributed by atoms with E-state index in [1.807, 2.05) is 0 Å². The fourth-order valence-corrected chi connectivity index (χ4v) is 1.74. The second kappa shape index (κ2) is 6.11. The number of nitrogens with one attached hydrogen (secondary N) is 1. The van der Waals surface area contributed by atoms with Gasteiger partial charge in [0.15, 0.2) is 0 Å². The molecule has 122 valence electrons. The van der Waals surface area contributed by atoms with E-state index in [-0.39, 0.29) is 0 Å². The molecule has 2 aromatic rings. The summed E-state index contributed by atoms with van der Waals surface area (Å²) in [6.45, 7) is 0. The van der Waals surface area contributed by atoms with Crippen molar-refractivity contribution in [2.75, 3.05) is 23.0 Å². The molecule has 1 aromatic heterocycles. The molecular formula is C14H12F4N4O. The Bertz CT molecular complexity index is 716. The van der Waals surface area contributed by atoms with Gasteiger partial charge in [-0.05, 0) is 30.3 Å². The maximum absolute atomic E-state index is 13.6. The van der Waals surface area contributed by atoms with E-state index < -0.39 is 23.6 Å². The predicted molar refractivity (Wildman–Crippen MR) is 77.8 cm³/mol. The number of hydrogen-bond acceptors (Lipinski definition) is 4. The fraction of sp³-hybridized carbons (Fsp3) is 0.143. The fourth-order valence-electron chi connectivity index (χ4n) is 1.74. The van der Waals surface area contributed by atoms with Gasteiger partial charge >= 0.3 is 12.1 Å². The van der Waals surface area contributed by atoms with Crippen molar-refractivity contribution in [3.05, 3.63) is 42.3 Å². The van der Waals surface area contributed by atoms with Gasteiger partial charge in [-0.1, -0.05) is 0 Å². The monoisotopic (exact) mass is 328 g/mol. The molecule has 0 aliphatic carbocycles. The first-order valence-corrected chi connectivity index (χ1v) is 6.31. The van der Waals surface area contributed by atoms with E-state index in [4.69, 9.17) is 5.73 Å². The summed E-state index contributed by atoms with van der Waals surface area (Å²) in [6, 6.07) is 6.56. The average molecular weight is 328 g/mol. The third-order valence-corrected chi connectivity index (χ3v) is 2.96. The van der Waals surface area contributed by atoms with Crippen LogP contribution < -0.4 is 16.0 Å². The molecule has 3 N–H and O–H groups in total. The molecule has 0 saturated carbocycles. The SMILES string of the molecule is CN(c1ccc(F)c(NC(=O)C(F)(F)F)c1)c1ccc(N)cn1. The zero-order valence-corrected chi connectivity index (χ0v) is 11.9. The number of pyridine rings is 1. The number of nitrogens with zero attached hydrogens (tertiary/aromatic N) is 2. The Morgan fingerprint density at radius 3 is 2.52 bits per heavy atom. The molecule has 0 spiro atoms. The van der Waals surface area contributed by atoms with Gasteiger partial charge in [0.1, 0.15) is 11.6 Å². The number of nitrogen functional groups attached to an aromatic ring is 1. The Kier molecular flexibility index (Phi) is 4.39. The van der Waals surface area contributed by atoms with Crippen molar-refractivity contribution in [2.45, 2.75) is 6.18 Å². The topological polar surface area (TPSA) is 71.2 Å². The van der Waals surface area contributed by atoms with Gasteiger partial charge in [-0.3, -0.25) is 4.79 Å². The molecule has 5 nitrogen and oxygen atoms in total. The lowest BCUT2D eigenvalue weighted by molar-refractivity contribution is -0.167. The number of carbonyl (C=O) groups is 1. The molecule has 0 atom stereocenters. The van der Waals surface area contributed by atoms with Gasteiger partial charge in [-0.25, -0.2) is 9.37 Å². The van der Waals surface area contributed by atoms with E-state index in [2.05, 4.69) is 4.98 Å². The molecule has 0 unspecified atom stereocenters. The van der Waals surface area contributed by atoms with Crippen molar-refractivity contribution >= 4 is 28.8 Å². The summed E-state index contributed by atoms with van der Waals surface area (Å²) in [4.78, 5) is 16.5. The van der Waals surface area contributed by atoms with Gasteiger partial charge in [0.2, 0.25) is 0 Å². The number of benzene rings is 1. The molecule has 1 aromatic carbocycles. The van der Waals surface area contributed by atoms with Crippen LogP contribution in [0.2, 0.25) is 0 Å². The van der Waals surface area contributed by atoms with Crippen LogP contribution in [0, 0.1) is 5.82 Å². The van der Waals surface area contributed by atoms with Crippen LogP contribution in [-0.2, 0) is 4.79 Å². The first-order valence-electron chi connectivity index (χ1n) is 6.31. The smallest absolute Gasteiger partial charge is 0.397 e. The summed E-state index contributed by atoms with van der Waals surface area (Å²) >= 11 is 0. The standard InChI is InChI=1S/C14H12F4N4O/c1-22(12-5-2-8(19)7-20-12)9-3-4-10(15)11(6-9)21-13(23)14(16,17)18/h2-7H,19H2,1H3,(H,21,23). The Labute approximate surface area is 128 Å². The van der Waals surface area contributed by atoms with E-state index in [1.165, 1.54) is 22.5 Å². The molecule has 9 heteroatoms. The molecule has 0 bridgehead atoms. The Balaban J connectivity index is 2.29. The molecule has 2 rings (SSSR count). The van der Waals surface area contributed by atoms with Crippen LogP contribution in [0.15, 0.2) is 36.5 Å². The van der Waals surface area contributed by atoms with Crippen molar-refractivity contribution in [3.63, 3.8) is 0 Å². The summed E-state index contributed by atoms with van der Waals surface area (Å²) in [6.07, 6.45) is -3.70. The van der Waals surface area contributed by atoms with Crippen molar-refractivity contribution in [1.82, 2.24) is 4.98 Å². The molecule has 0 fully saturated rings. The number of anilines is 4. The van der Waals surface area contributed by atoms with Gasteiger partial charge in [0, 0.05) is 12.7 Å². The summed E-state index contributed by atoms with van der Waals surface area (Å²) < 4.78 is 50.4. The maximum atomic E-state index is 13.6. The summed E-state index contributed by atoms with van der Waals surface area (Å²) in [5.41, 5.74) is 5.72. The molecule has 1 amide bonds. The van der Waals surface area contributed by atoms with Gasteiger partial charge in [-0.15, -0.1) is 0 Å². The Hall–Kier alpha value is -2.84. The van der Waals surface area contributed by atoms with Gasteiger partial charge in [0.05, 0.1) is 17.6 Å². The van der Waals surface area contributed by atoms with Crippen molar-refractivity contribution in [3.8, 4) is 0 Å². The highest BCUT2D eigenvalue weighted by Crippen LogP contribution is 2.28.